The molecule has 0 atom stereocenters. The smallest absolute Gasteiger partial charge is 0.269 e. The number of nitrogens with zero attached hydrogens (tertiary/aromatic N) is 1. The molecule has 9 heavy (non-hydrogen) atoms. The Morgan fingerprint density at radius 1 is 1.89 bits per heavy atom. The van der Waals surface area contributed by atoms with Crippen LogP contribution in [0.5, 0.6) is 0 Å². The van der Waals surface area contributed by atoms with Gasteiger partial charge in [0.1, 0.15) is 5.69 Å². The van der Waals surface area contributed by atoms with Crippen LogP contribution in [0.2, 0.25) is 0 Å². The summed E-state index contributed by atoms with van der Waals surface area (Å²) in [7, 11) is 0. The standard InChI is InChI=1S/C4H3FN2OS/c5-4-7-2(1-9-4)3(6)8/h1H,(H2,6,8). The molecule has 48 valence electrons. The monoisotopic (exact) mass is 146 g/mol. The van der Waals surface area contributed by atoms with Crippen LogP contribution >= 0.6 is 11.3 Å². The summed E-state index contributed by atoms with van der Waals surface area (Å²) in [4.78, 5) is 13.4. The maximum Gasteiger partial charge on any atom is 0.269 e. The van der Waals surface area contributed by atoms with Crippen molar-refractivity contribution < 1.29 is 9.18 Å². The Bertz CT molecular complexity index is 234. The highest BCUT2D eigenvalue weighted by Gasteiger charge is 2.04. The summed E-state index contributed by atoms with van der Waals surface area (Å²) >= 11 is 0.754. The van der Waals surface area contributed by atoms with E-state index in [0.717, 1.165) is 11.3 Å². The molecule has 1 rings (SSSR count). The molecule has 0 bridgehead atoms. The number of carbonyl (C=O) groups is 1. The molecule has 0 unspecified atom stereocenters. The Morgan fingerprint density at radius 3 is 2.78 bits per heavy atom. The van der Waals surface area contributed by atoms with Crippen LogP contribution in [0.1, 0.15) is 10.5 Å². The molecule has 1 aromatic rings. The number of aromatic nitrogens is 1. The third kappa shape index (κ3) is 1.23. The van der Waals surface area contributed by atoms with Gasteiger partial charge in [0.2, 0.25) is 0 Å². The first kappa shape index (κ1) is 6.15. The Morgan fingerprint density at radius 2 is 2.56 bits per heavy atom. The topological polar surface area (TPSA) is 56.0 Å². The Balaban J connectivity index is 2.98. The third-order valence-electron chi connectivity index (χ3n) is 0.729. The Labute approximate surface area is 54.3 Å². The highest BCUT2D eigenvalue weighted by atomic mass is 32.1. The molecular formula is C4H3FN2OS. The zero-order valence-electron chi connectivity index (χ0n) is 4.30. The SMILES string of the molecule is NC(=O)c1csc(F)n1. The second kappa shape index (κ2) is 2.10. The maximum absolute atomic E-state index is 12.0. The summed E-state index contributed by atoms with van der Waals surface area (Å²) < 4.78 is 12.0. The van der Waals surface area contributed by atoms with Gasteiger partial charge in [0.25, 0.3) is 11.2 Å². The lowest BCUT2D eigenvalue weighted by Gasteiger charge is -1.79. The Kier molecular flexibility index (Phi) is 1.44. The van der Waals surface area contributed by atoms with E-state index in [2.05, 4.69) is 4.98 Å². The number of carbonyl (C=O) groups excluding carboxylic acids is 1. The van der Waals surface area contributed by atoms with Crippen molar-refractivity contribution in [3.8, 4) is 0 Å². The van der Waals surface area contributed by atoms with Gasteiger partial charge in [-0.2, -0.15) is 4.39 Å². The van der Waals surface area contributed by atoms with E-state index < -0.39 is 11.2 Å². The zero-order chi connectivity index (χ0) is 6.85. The van der Waals surface area contributed by atoms with E-state index in [1.54, 1.807) is 0 Å². The summed E-state index contributed by atoms with van der Waals surface area (Å²) in [6, 6.07) is 0. The molecule has 5 heteroatoms. The molecular weight excluding hydrogens is 143 g/mol. The molecule has 0 aliphatic rings. The molecule has 1 heterocycles. The van der Waals surface area contributed by atoms with Gasteiger partial charge >= 0.3 is 0 Å². The third-order valence-corrected chi connectivity index (χ3v) is 1.36. The molecule has 1 aromatic heterocycles. The van der Waals surface area contributed by atoms with Crippen LogP contribution in [0.3, 0.4) is 0 Å². The number of amides is 1. The van der Waals surface area contributed by atoms with Crippen LogP contribution in [-0.4, -0.2) is 10.9 Å². The van der Waals surface area contributed by atoms with Crippen molar-refractivity contribution in [2.75, 3.05) is 0 Å². The molecule has 0 aromatic carbocycles. The summed E-state index contributed by atoms with van der Waals surface area (Å²) in [5.74, 6) is -0.699. The van der Waals surface area contributed by atoms with Crippen molar-refractivity contribution in [3.05, 3.63) is 16.3 Å². The number of nitrogens with two attached hydrogens (primary N) is 1. The maximum atomic E-state index is 12.0. The minimum atomic E-state index is -0.699. The largest absolute Gasteiger partial charge is 0.364 e. The van der Waals surface area contributed by atoms with Crippen molar-refractivity contribution in [2.45, 2.75) is 0 Å². The van der Waals surface area contributed by atoms with Gasteiger partial charge in [-0.15, -0.1) is 0 Å². The number of hydrogen-bond acceptors (Lipinski definition) is 3. The van der Waals surface area contributed by atoms with Gasteiger partial charge in [-0.05, 0) is 0 Å². The average Bonchev–Trinajstić information content (AvgIpc) is 2.14. The van der Waals surface area contributed by atoms with Crippen LogP contribution in [0, 0.1) is 5.26 Å². The van der Waals surface area contributed by atoms with Gasteiger partial charge in [-0.1, -0.05) is 11.3 Å². The van der Waals surface area contributed by atoms with Gasteiger partial charge in [0.15, 0.2) is 0 Å². The molecule has 0 aliphatic heterocycles. The van der Waals surface area contributed by atoms with Crippen molar-refractivity contribution in [1.29, 1.82) is 0 Å². The summed E-state index contributed by atoms with van der Waals surface area (Å²) in [5, 5.41) is 0.640. The predicted octanol–water partition coefficient (Wildman–Crippen LogP) is 0.381. The molecule has 0 saturated carbocycles. The van der Waals surface area contributed by atoms with Crippen LogP contribution in [0.4, 0.5) is 4.39 Å². The molecule has 1 amide bonds. The fourth-order valence-corrected chi connectivity index (χ4v) is 0.894. The second-order valence-corrected chi connectivity index (χ2v) is 2.16. The summed E-state index contributed by atoms with van der Waals surface area (Å²) in [6.07, 6.45) is 0. The van der Waals surface area contributed by atoms with E-state index >= 15 is 0 Å². The molecule has 3 nitrogen and oxygen atoms in total. The van der Waals surface area contributed by atoms with Crippen molar-refractivity contribution in [1.82, 2.24) is 4.98 Å². The number of thiazole rings is 1. The first-order valence-electron chi connectivity index (χ1n) is 2.11. The van der Waals surface area contributed by atoms with E-state index in [1.165, 1.54) is 5.38 Å². The van der Waals surface area contributed by atoms with E-state index in [0.29, 0.717) is 0 Å². The van der Waals surface area contributed by atoms with Gasteiger partial charge in [0, 0.05) is 5.38 Å². The normalized spacial score (nSPS) is 9.44. The summed E-state index contributed by atoms with van der Waals surface area (Å²) in [5.41, 5.74) is 4.75. The molecule has 0 spiro atoms. The van der Waals surface area contributed by atoms with Crippen molar-refractivity contribution in [3.63, 3.8) is 0 Å². The fraction of sp³-hybridized carbons (Fsp3) is 0. The van der Waals surface area contributed by atoms with Gasteiger partial charge in [0.05, 0.1) is 0 Å². The van der Waals surface area contributed by atoms with Crippen LogP contribution in [0.15, 0.2) is 5.38 Å². The second-order valence-electron chi connectivity index (χ2n) is 1.35. The molecule has 0 saturated heterocycles. The van der Waals surface area contributed by atoms with Crippen LogP contribution in [-0.2, 0) is 0 Å². The lowest BCUT2D eigenvalue weighted by molar-refractivity contribution is 0.0995. The van der Waals surface area contributed by atoms with Gasteiger partial charge in [-0.3, -0.25) is 4.79 Å². The van der Waals surface area contributed by atoms with Gasteiger partial charge < -0.3 is 5.73 Å². The fourth-order valence-electron chi connectivity index (χ4n) is 0.365. The molecule has 0 fully saturated rings. The highest BCUT2D eigenvalue weighted by molar-refractivity contribution is 7.08. The predicted molar refractivity (Wildman–Crippen MR) is 30.6 cm³/mol. The number of primary amides is 1. The highest BCUT2D eigenvalue weighted by Crippen LogP contribution is 2.05. The minimum absolute atomic E-state index is 0.0162. The van der Waals surface area contributed by atoms with E-state index in [9.17, 15) is 9.18 Å². The van der Waals surface area contributed by atoms with Crippen LogP contribution in [0.25, 0.3) is 0 Å². The average molecular weight is 146 g/mol. The zero-order valence-corrected chi connectivity index (χ0v) is 5.11. The van der Waals surface area contributed by atoms with E-state index in [-0.39, 0.29) is 5.69 Å². The number of hydrogen-bond donors (Lipinski definition) is 1. The van der Waals surface area contributed by atoms with E-state index in [4.69, 9.17) is 5.73 Å². The van der Waals surface area contributed by atoms with Crippen LogP contribution < -0.4 is 5.73 Å². The Hall–Kier alpha value is -0.970. The van der Waals surface area contributed by atoms with Crippen molar-refractivity contribution >= 4 is 17.2 Å². The summed E-state index contributed by atoms with van der Waals surface area (Å²) in [6.45, 7) is 0. The first-order chi connectivity index (χ1) is 4.20. The lowest BCUT2D eigenvalue weighted by atomic mass is 10.5. The molecule has 0 aliphatic carbocycles. The lowest BCUT2D eigenvalue weighted by Crippen LogP contribution is -2.10. The number of halogens is 1. The molecule has 0 radical (unpaired) electrons. The number of rotatable bonds is 1. The first-order valence-corrected chi connectivity index (χ1v) is 2.99. The molecule has 2 N–H and O–H groups in total. The minimum Gasteiger partial charge on any atom is -0.364 e. The quantitative estimate of drug-likeness (QED) is 0.622. The van der Waals surface area contributed by atoms with Crippen molar-refractivity contribution in [2.24, 2.45) is 5.73 Å². The van der Waals surface area contributed by atoms with E-state index in [1.807, 2.05) is 0 Å². The van der Waals surface area contributed by atoms with Gasteiger partial charge in [-0.25, -0.2) is 4.98 Å².